The van der Waals surface area contributed by atoms with Gasteiger partial charge in [0.25, 0.3) is 5.91 Å². The summed E-state index contributed by atoms with van der Waals surface area (Å²) in [6, 6.07) is 19.6. The number of aliphatic imine (C=N–C) groups is 1. The van der Waals surface area contributed by atoms with Gasteiger partial charge in [0, 0.05) is 31.7 Å². The number of carbonyl (C=O) groups is 1. The van der Waals surface area contributed by atoms with E-state index in [-0.39, 0.29) is 24.0 Å². The lowest BCUT2D eigenvalue weighted by Crippen LogP contribution is -2.51. The molecule has 0 bridgehead atoms. The first-order chi connectivity index (χ1) is 17.6. The van der Waals surface area contributed by atoms with Crippen LogP contribution in [0.15, 0.2) is 71.7 Å². The molecule has 2 aliphatic heterocycles. The van der Waals surface area contributed by atoms with Gasteiger partial charge < -0.3 is 20.6 Å². The Labute approximate surface area is 213 Å². The third kappa shape index (κ3) is 4.41. The molecule has 7 nitrogen and oxygen atoms in total. The SMILES string of the molecule is CN1C(=O)C2(C[C@@](C)(Cc3cccc(OC(F)F)c3)Oc3ccc(-c4cccc(C=N)c4)cc32)N=C1N. The highest BCUT2D eigenvalue weighted by Gasteiger charge is 2.56. The molecule has 0 aliphatic carbocycles. The average molecular weight is 505 g/mol. The zero-order valence-corrected chi connectivity index (χ0v) is 20.4. The standard InChI is InChI=1S/C28H26F2N4O3/c1-27(14-17-5-4-8-21(12-17)36-25(29)30)16-28(24(35)34(2)26(32)33-28)22-13-20(9-10-23(22)37-27)19-7-3-6-18(11-19)15-31/h3-13,15,25,31H,14,16H2,1-2H3,(H2,32,33)/t27-,28?/m1/s1. The number of alkyl halides is 2. The molecule has 2 aliphatic rings. The van der Waals surface area contributed by atoms with Gasteiger partial charge in [0.1, 0.15) is 17.1 Å². The Bertz CT molecular complexity index is 1430. The lowest BCUT2D eigenvalue weighted by molar-refractivity contribution is -0.133. The normalized spacial score (nSPS) is 22.6. The molecular weight excluding hydrogens is 478 g/mol. The van der Waals surface area contributed by atoms with Crippen molar-refractivity contribution in [3.8, 4) is 22.6 Å². The number of ether oxygens (including phenoxy) is 2. The lowest BCUT2D eigenvalue weighted by atomic mass is 9.74. The molecule has 1 spiro atoms. The average Bonchev–Trinajstić information content (AvgIpc) is 3.07. The smallest absolute Gasteiger partial charge is 0.387 e. The Kier molecular flexibility index (Phi) is 5.94. The maximum absolute atomic E-state index is 13.7. The van der Waals surface area contributed by atoms with Crippen molar-refractivity contribution in [2.75, 3.05) is 7.05 Å². The number of nitrogens with two attached hydrogens (primary N) is 1. The number of guanidine groups is 1. The van der Waals surface area contributed by atoms with Crippen LogP contribution in [0.4, 0.5) is 8.78 Å². The van der Waals surface area contributed by atoms with Crippen molar-refractivity contribution >= 4 is 18.1 Å². The van der Waals surface area contributed by atoms with E-state index in [9.17, 15) is 13.6 Å². The summed E-state index contributed by atoms with van der Waals surface area (Å²) < 4.78 is 36.5. The number of rotatable bonds is 6. The highest BCUT2D eigenvalue weighted by Crippen LogP contribution is 2.50. The summed E-state index contributed by atoms with van der Waals surface area (Å²) >= 11 is 0. The van der Waals surface area contributed by atoms with Crippen LogP contribution in [0.1, 0.15) is 30.0 Å². The van der Waals surface area contributed by atoms with E-state index in [1.807, 2.05) is 49.4 Å². The van der Waals surface area contributed by atoms with Crippen molar-refractivity contribution in [3.63, 3.8) is 0 Å². The van der Waals surface area contributed by atoms with Crippen molar-refractivity contribution in [3.05, 3.63) is 83.4 Å². The molecule has 2 atom stereocenters. The Morgan fingerprint density at radius 3 is 2.62 bits per heavy atom. The second-order valence-electron chi connectivity index (χ2n) is 9.61. The molecule has 3 N–H and O–H groups in total. The first kappa shape index (κ1) is 24.4. The first-order valence-electron chi connectivity index (χ1n) is 11.7. The molecule has 3 aromatic rings. The van der Waals surface area contributed by atoms with E-state index in [4.69, 9.17) is 15.9 Å². The van der Waals surface area contributed by atoms with Crippen LogP contribution in [0.25, 0.3) is 11.1 Å². The quantitative estimate of drug-likeness (QED) is 0.475. The van der Waals surface area contributed by atoms with Crippen molar-refractivity contribution in [1.82, 2.24) is 4.90 Å². The predicted molar refractivity (Wildman–Crippen MR) is 136 cm³/mol. The number of hydrogen-bond donors (Lipinski definition) is 2. The number of fused-ring (bicyclic) bond motifs is 2. The molecule has 37 heavy (non-hydrogen) atoms. The fourth-order valence-corrected chi connectivity index (χ4v) is 5.22. The molecule has 5 rings (SSSR count). The van der Waals surface area contributed by atoms with Gasteiger partial charge in [-0.3, -0.25) is 9.69 Å². The number of amides is 1. The number of carbonyl (C=O) groups excluding carboxylic acids is 1. The van der Waals surface area contributed by atoms with E-state index in [1.54, 1.807) is 25.2 Å². The van der Waals surface area contributed by atoms with Gasteiger partial charge in [-0.1, -0.05) is 36.4 Å². The fourth-order valence-electron chi connectivity index (χ4n) is 5.22. The molecule has 1 amide bonds. The Morgan fingerprint density at radius 1 is 1.16 bits per heavy atom. The minimum Gasteiger partial charge on any atom is -0.487 e. The maximum Gasteiger partial charge on any atom is 0.387 e. The minimum absolute atomic E-state index is 0.0535. The van der Waals surface area contributed by atoms with Crippen LogP contribution >= 0.6 is 0 Å². The van der Waals surface area contributed by atoms with Crippen LogP contribution in [0.3, 0.4) is 0 Å². The van der Waals surface area contributed by atoms with Gasteiger partial charge in [0.2, 0.25) is 0 Å². The Hall–Kier alpha value is -4.27. The molecule has 0 fully saturated rings. The molecule has 9 heteroatoms. The monoisotopic (exact) mass is 504 g/mol. The van der Waals surface area contributed by atoms with Crippen LogP contribution in [-0.4, -0.2) is 42.2 Å². The van der Waals surface area contributed by atoms with E-state index in [0.29, 0.717) is 17.7 Å². The van der Waals surface area contributed by atoms with Crippen molar-refractivity contribution in [2.24, 2.45) is 10.7 Å². The van der Waals surface area contributed by atoms with E-state index in [0.717, 1.165) is 22.3 Å². The molecule has 190 valence electrons. The number of halogens is 2. The number of nitrogens with one attached hydrogen (secondary N) is 1. The van der Waals surface area contributed by atoms with Gasteiger partial charge in [0.05, 0.1) is 0 Å². The van der Waals surface area contributed by atoms with Crippen molar-refractivity contribution in [2.45, 2.75) is 37.5 Å². The molecule has 3 aromatic carbocycles. The van der Waals surface area contributed by atoms with Crippen LogP contribution in [0.5, 0.6) is 11.5 Å². The summed E-state index contributed by atoms with van der Waals surface area (Å²) in [6.07, 6.45) is 1.80. The molecule has 1 unspecified atom stereocenters. The number of hydrogen-bond acceptors (Lipinski definition) is 6. The molecule has 0 radical (unpaired) electrons. The van der Waals surface area contributed by atoms with Gasteiger partial charge in [-0.2, -0.15) is 8.78 Å². The van der Waals surface area contributed by atoms with Gasteiger partial charge in [-0.05, 0) is 59.5 Å². The molecule has 0 aromatic heterocycles. The van der Waals surface area contributed by atoms with E-state index >= 15 is 0 Å². The predicted octanol–water partition coefficient (Wildman–Crippen LogP) is 4.72. The van der Waals surface area contributed by atoms with Gasteiger partial charge in [0.15, 0.2) is 11.5 Å². The Morgan fingerprint density at radius 2 is 1.92 bits per heavy atom. The number of nitrogens with zero attached hydrogens (tertiary/aromatic N) is 2. The summed E-state index contributed by atoms with van der Waals surface area (Å²) in [7, 11) is 1.59. The minimum atomic E-state index is -2.93. The topological polar surface area (TPSA) is 101 Å². The highest BCUT2D eigenvalue weighted by atomic mass is 19.3. The zero-order chi connectivity index (χ0) is 26.4. The molecule has 2 heterocycles. The molecule has 0 saturated carbocycles. The second kappa shape index (κ2) is 8.99. The Balaban J connectivity index is 1.58. The maximum atomic E-state index is 13.7. The van der Waals surface area contributed by atoms with E-state index in [2.05, 4.69) is 9.73 Å². The summed E-state index contributed by atoms with van der Waals surface area (Å²) in [5.74, 6) is 0.406. The second-order valence-corrected chi connectivity index (χ2v) is 9.61. The largest absolute Gasteiger partial charge is 0.487 e. The zero-order valence-electron chi connectivity index (χ0n) is 20.4. The summed E-state index contributed by atoms with van der Waals surface area (Å²) in [6.45, 7) is -1.05. The van der Waals surface area contributed by atoms with E-state index < -0.39 is 17.8 Å². The third-order valence-electron chi connectivity index (χ3n) is 6.81. The highest BCUT2D eigenvalue weighted by molar-refractivity contribution is 6.07. The van der Waals surface area contributed by atoms with Gasteiger partial charge in [-0.15, -0.1) is 0 Å². The summed E-state index contributed by atoms with van der Waals surface area (Å²) in [4.78, 5) is 19.7. The van der Waals surface area contributed by atoms with Crippen LogP contribution < -0.4 is 15.2 Å². The van der Waals surface area contributed by atoms with Crippen molar-refractivity contribution < 1.29 is 23.0 Å². The van der Waals surface area contributed by atoms with Crippen LogP contribution in [0, 0.1) is 5.41 Å². The van der Waals surface area contributed by atoms with Gasteiger partial charge in [-0.25, -0.2) is 4.99 Å². The summed E-state index contributed by atoms with van der Waals surface area (Å²) in [5.41, 5.74) is 7.75. The third-order valence-corrected chi connectivity index (χ3v) is 6.81. The number of likely N-dealkylation sites (N-methyl/N-ethyl adjacent to an activating group) is 1. The fraction of sp³-hybridized carbons (Fsp3) is 0.250. The van der Waals surface area contributed by atoms with Crippen LogP contribution in [0.2, 0.25) is 0 Å². The molecule has 0 saturated heterocycles. The van der Waals surface area contributed by atoms with Gasteiger partial charge >= 0.3 is 6.61 Å². The first-order valence-corrected chi connectivity index (χ1v) is 11.7. The van der Waals surface area contributed by atoms with E-state index in [1.165, 1.54) is 17.2 Å². The molecular formula is C28H26F2N4O3. The lowest BCUT2D eigenvalue weighted by Gasteiger charge is -2.43. The van der Waals surface area contributed by atoms with Crippen LogP contribution in [-0.2, 0) is 16.8 Å². The van der Waals surface area contributed by atoms with Crippen molar-refractivity contribution in [1.29, 1.82) is 5.41 Å². The summed E-state index contributed by atoms with van der Waals surface area (Å²) in [5, 5.41) is 7.57. The number of benzene rings is 3.